The molecule has 4 nitrogen and oxygen atoms in total. The number of esters is 1. The van der Waals surface area contributed by atoms with Crippen molar-refractivity contribution < 1.29 is 18.7 Å². The van der Waals surface area contributed by atoms with Crippen LogP contribution < -0.4 is 5.32 Å². The van der Waals surface area contributed by atoms with E-state index >= 15 is 0 Å². The molecule has 0 aliphatic carbocycles. The van der Waals surface area contributed by atoms with Gasteiger partial charge in [-0.05, 0) is 37.6 Å². The van der Waals surface area contributed by atoms with Crippen LogP contribution in [-0.4, -0.2) is 18.0 Å². The predicted molar refractivity (Wildman–Crippen MR) is 88.9 cm³/mol. The minimum atomic E-state index is -0.548. The lowest BCUT2D eigenvalue weighted by molar-refractivity contribution is -0.147. The number of halogens is 1. The quantitative estimate of drug-likeness (QED) is 0.823. The zero-order chi connectivity index (χ0) is 17.5. The summed E-state index contributed by atoms with van der Waals surface area (Å²) < 4.78 is 18.4. The molecule has 0 aliphatic heterocycles. The van der Waals surface area contributed by atoms with Gasteiger partial charge in [0.2, 0.25) is 0 Å². The Kier molecular flexibility index (Phi) is 6.07. The standard InChI is InChI=1S/C19H20FNO3/c1-13(2)24-18(22)12-17(14-7-4-3-5-8-14)21-19(23)15-9-6-10-16(20)11-15/h3-11,13,17H,12H2,1-2H3,(H,21,23). The predicted octanol–water partition coefficient (Wildman–Crippen LogP) is 3.64. The number of benzene rings is 2. The fraction of sp³-hybridized carbons (Fsp3) is 0.263. The summed E-state index contributed by atoms with van der Waals surface area (Å²) in [4.78, 5) is 24.3. The average Bonchev–Trinajstić information content (AvgIpc) is 2.54. The van der Waals surface area contributed by atoms with Crippen LogP contribution in [0, 0.1) is 5.82 Å². The van der Waals surface area contributed by atoms with Crippen molar-refractivity contribution in [2.75, 3.05) is 0 Å². The van der Waals surface area contributed by atoms with Gasteiger partial charge < -0.3 is 10.1 Å². The van der Waals surface area contributed by atoms with Gasteiger partial charge in [-0.3, -0.25) is 9.59 Å². The number of rotatable bonds is 6. The molecule has 0 radical (unpaired) electrons. The first kappa shape index (κ1) is 17.7. The molecule has 0 heterocycles. The molecule has 5 heteroatoms. The third-order valence-electron chi connectivity index (χ3n) is 3.33. The lowest BCUT2D eigenvalue weighted by atomic mass is 10.0. The van der Waals surface area contributed by atoms with E-state index in [1.165, 1.54) is 18.2 Å². The van der Waals surface area contributed by atoms with Gasteiger partial charge in [0.25, 0.3) is 5.91 Å². The van der Waals surface area contributed by atoms with Crippen molar-refractivity contribution >= 4 is 11.9 Å². The first-order valence-electron chi connectivity index (χ1n) is 7.76. The van der Waals surface area contributed by atoms with Crippen molar-refractivity contribution in [1.29, 1.82) is 0 Å². The Morgan fingerprint density at radius 2 is 1.79 bits per heavy atom. The molecule has 2 aromatic rings. The van der Waals surface area contributed by atoms with E-state index in [0.717, 1.165) is 11.6 Å². The molecule has 1 atom stereocenters. The Bertz CT molecular complexity index is 701. The zero-order valence-electron chi connectivity index (χ0n) is 13.7. The minimum absolute atomic E-state index is 0.00322. The van der Waals surface area contributed by atoms with Crippen LogP contribution in [0.4, 0.5) is 4.39 Å². The largest absolute Gasteiger partial charge is 0.463 e. The van der Waals surface area contributed by atoms with Crippen LogP contribution in [0.1, 0.15) is 42.2 Å². The van der Waals surface area contributed by atoms with Crippen LogP contribution in [0.2, 0.25) is 0 Å². The zero-order valence-corrected chi connectivity index (χ0v) is 13.7. The van der Waals surface area contributed by atoms with Crippen LogP contribution >= 0.6 is 0 Å². The van der Waals surface area contributed by atoms with Crippen molar-refractivity contribution in [2.45, 2.75) is 32.4 Å². The maximum atomic E-state index is 13.3. The van der Waals surface area contributed by atoms with Gasteiger partial charge in [-0.15, -0.1) is 0 Å². The van der Waals surface area contributed by atoms with Crippen molar-refractivity contribution in [2.24, 2.45) is 0 Å². The summed E-state index contributed by atoms with van der Waals surface area (Å²) in [5, 5.41) is 2.77. The summed E-state index contributed by atoms with van der Waals surface area (Å²) in [7, 11) is 0. The van der Waals surface area contributed by atoms with E-state index in [-0.39, 0.29) is 18.1 Å². The number of carbonyl (C=O) groups is 2. The van der Waals surface area contributed by atoms with Crippen LogP contribution in [-0.2, 0) is 9.53 Å². The summed E-state index contributed by atoms with van der Waals surface area (Å²) in [5.74, 6) is -1.34. The molecule has 0 saturated carbocycles. The Morgan fingerprint density at radius 3 is 2.42 bits per heavy atom. The molecule has 126 valence electrons. The number of amides is 1. The molecule has 24 heavy (non-hydrogen) atoms. The Hall–Kier alpha value is -2.69. The second-order valence-electron chi connectivity index (χ2n) is 5.69. The molecular weight excluding hydrogens is 309 g/mol. The number of hydrogen-bond donors (Lipinski definition) is 1. The van der Waals surface area contributed by atoms with Crippen LogP contribution in [0.5, 0.6) is 0 Å². The molecule has 0 bridgehead atoms. The highest BCUT2D eigenvalue weighted by Crippen LogP contribution is 2.18. The normalized spacial score (nSPS) is 11.8. The Labute approximate surface area is 140 Å². The van der Waals surface area contributed by atoms with Gasteiger partial charge in [0.15, 0.2) is 0 Å². The van der Waals surface area contributed by atoms with E-state index in [9.17, 15) is 14.0 Å². The van der Waals surface area contributed by atoms with Gasteiger partial charge in [0, 0.05) is 5.56 Å². The molecule has 1 amide bonds. The van der Waals surface area contributed by atoms with E-state index in [0.29, 0.717) is 0 Å². The third kappa shape index (κ3) is 5.19. The monoisotopic (exact) mass is 329 g/mol. The van der Waals surface area contributed by atoms with E-state index < -0.39 is 23.7 Å². The summed E-state index contributed by atoms with van der Waals surface area (Å²) in [6.07, 6.45) is -0.226. The van der Waals surface area contributed by atoms with Gasteiger partial charge in [0.05, 0.1) is 18.6 Å². The van der Waals surface area contributed by atoms with E-state index in [1.54, 1.807) is 13.8 Å². The lowest BCUT2D eigenvalue weighted by Crippen LogP contribution is -2.31. The Balaban J connectivity index is 2.16. The fourth-order valence-corrected chi connectivity index (χ4v) is 2.29. The first-order valence-corrected chi connectivity index (χ1v) is 7.76. The second kappa shape index (κ2) is 8.24. The summed E-state index contributed by atoms with van der Waals surface area (Å²) in [6.45, 7) is 3.53. The van der Waals surface area contributed by atoms with Gasteiger partial charge in [-0.25, -0.2) is 4.39 Å². The molecule has 0 aromatic heterocycles. The van der Waals surface area contributed by atoms with Gasteiger partial charge in [-0.1, -0.05) is 36.4 Å². The Morgan fingerprint density at radius 1 is 1.08 bits per heavy atom. The highest BCUT2D eigenvalue weighted by Gasteiger charge is 2.20. The van der Waals surface area contributed by atoms with Crippen LogP contribution in [0.3, 0.4) is 0 Å². The molecule has 0 spiro atoms. The van der Waals surface area contributed by atoms with Crippen molar-refractivity contribution in [1.82, 2.24) is 5.32 Å². The third-order valence-corrected chi connectivity index (χ3v) is 3.33. The molecule has 1 N–H and O–H groups in total. The smallest absolute Gasteiger partial charge is 0.308 e. The van der Waals surface area contributed by atoms with Crippen LogP contribution in [0.15, 0.2) is 54.6 Å². The number of nitrogens with one attached hydrogen (secondary N) is 1. The molecule has 1 unspecified atom stereocenters. The molecule has 0 fully saturated rings. The SMILES string of the molecule is CC(C)OC(=O)CC(NC(=O)c1cccc(F)c1)c1ccccc1. The van der Waals surface area contributed by atoms with E-state index in [4.69, 9.17) is 4.74 Å². The molecule has 2 aromatic carbocycles. The van der Waals surface area contributed by atoms with E-state index in [2.05, 4.69) is 5.32 Å². The highest BCUT2D eigenvalue weighted by molar-refractivity contribution is 5.94. The lowest BCUT2D eigenvalue weighted by Gasteiger charge is -2.19. The maximum absolute atomic E-state index is 13.3. The van der Waals surface area contributed by atoms with Gasteiger partial charge >= 0.3 is 5.97 Å². The summed E-state index contributed by atoms with van der Waals surface area (Å²) in [6, 6.07) is 14.0. The summed E-state index contributed by atoms with van der Waals surface area (Å²) in [5.41, 5.74) is 0.983. The summed E-state index contributed by atoms with van der Waals surface area (Å²) >= 11 is 0. The first-order chi connectivity index (χ1) is 11.5. The second-order valence-corrected chi connectivity index (χ2v) is 5.69. The fourth-order valence-electron chi connectivity index (χ4n) is 2.29. The average molecular weight is 329 g/mol. The van der Waals surface area contributed by atoms with E-state index in [1.807, 2.05) is 30.3 Å². The molecular formula is C19H20FNO3. The number of carbonyl (C=O) groups excluding carboxylic acids is 2. The van der Waals surface area contributed by atoms with Crippen molar-refractivity contribution in [3.8, 4) is 0 Å². The number of hydrogen-bond acceptors (Lipinski definition) is 3. The van der Waals surface area contributed by atoms with Crippen molar-refractivity contribution in [3.63, 3.8) is 0 Å². The number of ether oxygens (including phenoxy) is 1. The van der Waals surface area contributed by atoms with Crippen LogP contribution in [0.25, 0.3) is 0 Å². The van der Waals surface area contributed by atoms with Crippen molar-refractivity contribution in [3.05, 3.63) is 71.5 Å². The van der Waals surface area contributed by atoms with Gasteiger partial charge in [-0.2, -0.15) is 0 Å². The topological polar surface area (TPSA) is 55.4 Å². The molecule has 2 rings (SSSR count). The molecule has 0 saturated heterocycles. The maximum Gasteiger partial charge on any atom is 0.308 e. The van der Waals surface area contributed by atoms with Gasteiger partial charge in [0.1, 0.15) is 5.82 Å². The molecule has 0 aliphatic rings. The minimum Gasteiger partial charge on any atom is -0.463 e. The highest BCUT2D eigenvalue weighted by atomic mass is 19.1.